The number of nitrogens with zero attached hydrogens (tertiary/aromatic N) is 3. The molecule has 0 bridgehead atoms. The lowest BCUT2D eigenvalue weighted by Gasteiger charge is -2.14. The molecular weight excluding hydrogens is 440 g/mol. The van der Waals surface area contributed by atoms with Crippen LogP contribution in [0.15, 0.2) is 41.3 Å². The van der Waals surface area contributed by atoms with Gasteiger partial charge in [-0.2, -0.15) is 0 Å². The summed E-state index contributed by atoms with van der Waals surface area (Å²) in [6.07, 6.45) is 0. The van der Waals surface area contributed by atoms with E-state index in [-0.39, 0.29) is 26.3 Å². The highest BCUT2D eigenvalue weighted by Crippen LogP contribution is 2.30. The quantitative estimate of drug-likeness (QED) is 0.447. The Morgan fingerprint density at radius 2 is 2.03 bits per heavy atom. The normalized spacial score (nSPS) is 11.7. The molecule has 0 aliphatic carbocycles. The maximum Gasteiger partial charge on any atom is 0.288 e. The third-order valence-electron chi connectivity index (χ3n) is 4.14. The van der Waals surface area contributed by atoms with E-state index in [0.29, 0.717) is 16.8 Å². The van der Waals surface area contributed by atoms with Crippen molar-refractivity contribution in [2.24, 2.45) is 0 Å². The number of carbonyl (C=O) groups excluding carboxylic acids is 1. The van der Waals surface area contributed by atoms with Crippen LogP contribution < -0.4 is 5.32 Å². The summed E-state index contributed by atoms with van der Waals surface area (Å²) >= 11 is 6.86. The number of fused-ring (bicyclic) bond motifs is 1. The van der Waals surface area contributed by atoms with E-state index in [9.17, 15) is 23.3 Å². The van der Waals surface area contributed by atoms with E-state index in [1.54, 1.807) is 13.0 Å². The predicted molar refractivity (Wildman–Crippen MR) is 111 cm³/mol. The SMILES string of the molecule is CCN(C)S(=O)(=O)c1ccc2nc(NC(=O)c3ccc(Cl)c([N+](=O)[O-])c3)sc2c1. The molecule has 1 aromatic heterocycles. The molecule has 0 unspecified atom stereocenters. The van der Waals surface area contributed by atoms with E-state index in [0.717, 1.165) is 17.4 Å². The molecule has 12 heteroatoms. The Kier molecular flexibility index (Phi) is 5.85. The number of benzene rings is 2. The van der Waals surface area contributed by atoms with Gasteiger partial charge in [0.15, 0.2) is 5.13 Å². The van der Waals surface area contributed by atoms with Crippen molar-refractivity contribution < 1.29 is 18.1 Å². The molecule has 0 saturated heterocycles. The standard InChI is InChI=1S/C17H15ClN4O5S2/c1-3-21(2)29(26,27)11-5-7-13-15(9-11)28-17(19-13)20-16(23)10-4-6-12(18)14(8-10)22(24)25/h4-9H,3H2,1-2H3,(H,19,20,23). The zero-order valence-corrected chi connectivity index (χ0v) is 17.6. The van der Waals surface area contributed by atoms with E-state index >= 15 is 0 Å². The Morgan fingerprint density at radius 3 is 2.69 bits per heavy atom. The summed E-state index contributed by atoms with van der Waals surface area (Å²) in [5.74, 6) is -0.595. The van der Waals surface area contributed by atoms with Gasteiger partial charge in [0.2, 0.25) is 10.0 Å². The lowest BCUT2D eigenvalue weighted by Crippen LogP contribution is -2.26. The van der Waals surface area contributed by atoms with Gasteiger partial charge in [-0.25, -0.2) is 17.7 Å². The lowest BCUT2D eigenvalue weighted by molar-refractivity contribution is -0.384. The average molecular weight is 455 g/mol. The number of nitro groups is 1. The van der Waals surface area contributed by atoms with Crippen LogP contribution in [0.1, 0.15) is 17.3 Å². The first-order valence-corrected chi connectivity index (χ1v) is 10.9. The summed E-state index contributed by atoms with van der Waals surface area (Å²) in [5, 5.41) is 13.7. The van der Waals surface area contributed by atoms with Gasteiger partial charge in [0.05, 0.1) is 20.0 Å². The fraction of sp³-hybridized carbons (Fsp3) is 0.176. The van der Waals surface area contributed by atoms with Crippen molar-refractivity contribution in [1.29, 1.82) is 0 Å². The molecule has 3 aromatic rings. The van der Waals surface area contributed by atoms with E-state index in [4.69, 9.17) is 11.6 Å². The van der Waals surface area contributed by atoms with Crippen molar-refractivity contribution in [2.45, 2.75) is 11.8 Å². The number of hydrogen-bond donors (Lipinski definition) is 1. The number of nitro benzene ring substituents is 1. The second kappa shape index (κ2) is 8.03. The minimum Gasteiger partial charge on any atom is -0.298 e. The van der Waals surface area contributed by atoms with Gasteiger partial charge in [-0.3, -0.25) is 20.2 Å². The van der Waals surface area contributed by atoms with Gasteiger partial charge in [0.25, 0.3) is 11.6 Å². The number of hydrogen-bond acceptors (Lipinski definition) is 7. The minimum atomic E-state index is -3.61. The predicted octanol–water partition coefficient (Wildman–Crippen LogP) is 3.75. The zero-order valence-electron chi connectivity index (χ0n) is 15.2. The molecule has 9 nitrogen and oxygen atoms in total. The van der Waals surface area contributed by atoms with Crippen LogP contribution in [0.5, 0.6) is 0 Å². The molecule has 3 rings (SSSR count). The van der Waals surface area contributed by atoms with Crippen molar-refractivity contribution >= 4 is 59.9 Å². The van der Waals surface area contributed by atoms with Crippen molar-refractivity contribution in [1.82, 2.24) is 9.29 Å². The number of amides is 1. The van der Waals surface area contributed by atoms with Crippen LogP contribution >= 0.6 is 22.9 Å². The van der Waals surface area contributed by atoms with Crippen molar-refractivity contribution in [2.75, 3.05) is 18.9 Å². The van der Waals surface area contributed by atoms with Crippen LogP contribution in [-0.2, 0) is 10.0 Å². The number of carbonyl (C=O) groups is 1. The number of thiazole rings is 1. The Bertz CT molecular complexity index is 1230. The number of rotatable bonds is 6. The Labute approximate surface area is 175 Å². The molecule has 0 radical (unpaired) electrons. The van der Waals surface area contributed by atoms with Gasteiger partial charge in [0, 0.05) is 25.2 Å². The topological polar surface area (TPSA) is 123 Å². The van der Waals surface area contributed by atoms with Crippen LogP contribution in [0.3, 0.4) is 0 Å². The summed E-state index contributed by atoms with van der Waals surface area (Å²) in [7, 11) is -2.12. The van der Waals surface area contributed by atoms with E-state index in [2.05, 4.69) is 10.3 Å². The number of nitrogens with one attached hydrogen (secondary N) is 1. The van der Waals surface area contributed by atoms with Gasteiger partial charge in [-0.05, 0) is 30.3 Å². The highest BCUT2D eigenvalue weighted by atomic mass is 35.5. The average Bonchev–Trinajstić information content (AvgIpc) is 3.08. The second-order valence-corrected chi connectivity index (χ2v) is 9.43. The van der Waals surface area contributed by atoms with Crippen molar-refractivity contribution in [3.8, 4) is 0 Å². The van der Waals surface area contributed by atoms with E-state index in [1.165, 1.54) is 35.6 Å². The van der Waals surface area contributed by atoms with Gasteiger partial charge in [0.1, 0.15) is 5.02 Å². The molecule has 1 amide bonds. The molecule has 2 aromatic carbocycles. The molecule has 0 spiro atoms. The molecule has 1 heterocycles. The summed E-state index contributed by atoms with van der Waals surface area (Å²) in [6.45, 7) is 2.06. The fourth-order valence-corrected chi connectivity index (χ4v) is 4.80. The lowest BCUT2D eigenvalue weighted by atomic mass is 10.2. The van der Waals surface area contributed by atoms with Crippen LogP contribution in [-0.4, -0.2) is 42.1 Å². The zero-order chi connectivity index (χ0) is 21.3. The molecule has 29 heavy (non-hydrogen) atoms. The molecule has 0 atom stereocenters. The molecule has 1 N–H and O–H groups in total. The second-order valence-electron chi connectivity index (χ2n) is 5.95. The summed E-state index contributed by atoms with van der Waals surface area (Å²) in [4.78, 5) is 27.1. The first kappa shape index (κ1) is 21.1. The Balaban J connectivity index is 1.89. The molecule has 0 fully saturated rings. The van der Waals surface area contributed by atoms with Crippen LogP contribution in [0, 0.1) is 10.1 Å². The van der Waals surface area contributed by atoms with Gasteiger partial charge < -0.3 is 0 Å². The summed E-state index contributed by atoms with van der Waals surface area (Å²) in [5.41, 5.74) is 0.192. The van der Waals surface area contributed by atoms with Crippen molar-refractivity contribution in [3.05, 3.63) is 57.1 Å². The van der Waals surface area contributed by atoms with Gasteiger partial charge >= 0.3 is 0 Å². The minimum absolute atomic E-state index is 0.0493. The highest BCUT2D eigenvalue weighted by Gasteiger charge is 2.21. The smallest absolute Gasteiger partial charge is 0.288 e. The third kappa shape index (κ3) is 4.22. The van der Waals surface area contributed by atoms with E-state index in [1.807, 2.05) is 0 Å². The van der Waals surface area contributed by atoms with Gasteiger partial charge in [-0.15, -0.1) is 0 Å². The number of anilines is 1. The Morgan fingerprint density at radius 1 is 1.31 bits per heavy atom. The van der Waals surface area contributed by atoms with Crippen LogP contribution in [0.25, 0.3) is 10.2 Å². The number of sulfonamides is 1. The maximum absolute atomic E-state index is 12.5. The third-order valence-corrected chi connectivity index (χ3v) is 7.32. The molecule has 0 aliphatic rings. The first-order valence-electron chi connectivity index (χ1n) is 8.25. The number of aromatic nitrogens is 1. The van der Waals surface area contributed by atoms with Crippen LogP contribution in [0.4, 0.5) is 10.8 Å². The molecule has 0 saturated carbocycles. The molecule has 0 aliphatic heterocycles. The van der Waals surface area contributed by atoms with Crippen LogP contribution in [0.2, 0.25) is 5.02 Å². The monoisotopic (exact) mass is 454 g/mol. The number of halogens is 1. The summed E-state index contributed by atoms with van der Waals surface area (Å²) < 4.78 is 26.7. The molecule has 152 valence electrons. The van der Waals surface area contributed by atoms with Gasteiger partial charge in [-0.1, -0.05) is 29.9 Å². The fourth-order valence-electron chi connectivity index (χ4n) is 2.43. The van der Waals surface area contributed by atoms with Crippen molar-refractivity contribution in [3.63, 3.8) is 0 Å². The first-order chi connectivity index (χ1) is 13.6. The Hall–Kier alpha value is -2.60. The molecular formula is C17H15ClN4O5S2. The maximum atomic E-state index is 12.5. The summed E-state index contributed by atoms with van der Waals surface area (Å²) in [6, 6.07) is 8.23. The van der Waals surface area contributed by atoms with E-state index < -0.39 is 20.9 Å². The largest absolute Gasteiger partial charge is 0.298 e. The highest BCUT2D eigenvalue weighted by molar-refractivity contribution is 7.89.